The minimum Gasteiger partial charge on any atom is -0.462 e. The predicted molar refractivity (Wildman–Crippen MR) is 306 cm³/mol. The molecule has 0 aromatic carbocycles. The lowest BCUT2D eigenvalue weighted by molar-refractivity contribution is -0.167. The van der Waals surface area contributed by atoms with E-state index in [0.717, 1.165) is 109 Å². The quantitative estimate of drug-likeness (QED) is 0.0261. The van der Waals surface area contributed by atoms with Crippen LogP contribution in [-0.4, -0.2) is 37.2 Å². The Morgan fingerprint density at radius 2 is 0.563 bits per heavy atom. The lowest BCUT2D eigenvalue weighted by Crippen LogP contribution is -2.30. The van der Waals surface area contributed by atoms with Gasteiger partial charge in [0.15, 0.2) is 6.10 Å². The normalized spacial score (nSPS) is 13.0. The summed E-state index contributed by atoms with van der Waals surface area (Å²) in [4.78, 5) is 38.2. The highest BCUT2D eigenvalue weighted by molar-refractivity contribution is 5.71. The van der Waals surface area contributed by atoms with Crippen LogP contribution in [0.15, 0.2) is 122 Å². The highest BCUT2D eigenvalue weighted by Gasteiger charge is 2.19. The molecular formula is C65H106O6. The van der Waals surface area contributed by atoms with Crippen LogP contribution in [0.2, 0.25) is 0 Å². The van der Waals surface area contributed by atoms with Crippen LogP contribution in [-0.2, 0) is 28.6 Å². The molecule has 6 nitrogen and oxygen atoms in total. The van der Waals surface area contributed by atoms with Crippen LogP contribution >= 0.6 is 0 Å². The maximum absolute atomic E-state index is 12.8. The van der Waals surface area contributed by atoms with Crippen molar-refractivity contribution in [3.8, 4) is 0 Å². The number of ether oxygens (including phenoxy) is 3. The summed E-state index contributed by atoms with van der Waals surface area (Å²) >= 11 is 0. The monoisotopic (exact) mass is 983 g/mol. The molecule has 0 unspecified atom stereocenters. The van der Waals surface area contributed by atoms with Gasteiger partial charge in [-0.05, 0) is 128 Å². The maximum atomic E-state index is 12.8. The van der Waals surface area contributed by atoms with Crippen molar-refractivity contribution in [1.82, 2.24) is 0 Å². The van der Waals surface area contributed by atoms with Gasteiger partial charge in [0, 0.05) is 19.3 Å². The second-order valence-electron chi connectivity index (χ2n) is 18.8. The number of carbonyl (C=O) groups is 3. The molecule has 71 heavy (non-hydrogen) atoms. The van der Waals surface area contributed by atoms with Gasteiger partial charge in [0.1, 0.15) is 13.2 Å². The molecule has 0 fully saturated rings. The maximum Gasteiger partial charge on any atom is 0.306 e. The van der Waals surface area contributed by atoms with E-state index in [1.165, 1.54) is 96.3 Å². The minimum absolute atomic E-state index is 0.113. The van der Waals surface area contributed by atoms with Crippen molar-refractivity contribution in [3.63, 3.8) is 0 Å². The van der Waals surface area contributed by atoms with Crippen LogP contribution in [0, 0.1) is 0 Å². The van der Waals surface area contributed by atoms with Crippen LogP contribution in [0.5, 0.6) is 0 Å². The summed E-state index contributed by atoms with van der Waals surface area (Å²) in [7, 11) is 0. The van der Waals surface area contributed by atoms with Gasteiger partial charge in [0.05, 0.1) is 0 Å². The van der Waals surface area contributed by atoms with Gasteiger partial charge < -0.3 is 14.2 Å². The van der Waals surface area contributed by atoms with Crippen molar-refractivity contribution < 1.29 is 28.6 Å². The van der Waals surface area contributed by atoms with E-state index in [1.807, 2.05) is 0 Å². The SMILES string of the molecule is CC/C=C/C/C=C/C/C=C/C/C=C/C/C=C/CCCC(=O)O[C@H](COC(=O)CCCCCC/C=C/C/C=C/C/C=C/CCCCC)COC(=O)CCCCCCCCCCC/C=C/C/C=C/CCCCC. The van der Waals surface area contributed by atoms with E-state index in [0.29, 0.717) is 19.3 Å². The van der Waals surface area contributed by atoms with Gasteiger partial charge in [-0.15, -0.1) is 0 Å². The molecule has 0 saturated carbocycles. The predicted octanol–water partition coefficient (Wildman–Crippen LogP) is 19.6. The van der Waals surface area contributed by atoms with Crippen LogP contribution < -0.4 is 0 Å². The van der Waals surface area contributed by atoms with Gasteiger partial charge >= 0.3 is 17.9 Å². The van der Waals surface area contributed by atoms with E-state index in [4.69, 9.17) is 14.2 Å². The third-order valence-electron chi connectivity index (χ3n) is 11.9. The van der Waals surface area contributed by atoms with Crippen molar-refractivity contribution >= 4 is 17.9 Å². The summed E-state index contributed by atoms with van der Waals surface area (Å²) in [5, 5.41) is 0. The third kappa shape index (κ3) is 56.6. The zero-order valence-corrected chi connectivity index (χ0v) is 45.9. The van der Waals surface area contributed by atoms with Crippen molar-refractivity contribution in [1.29, 1.82) is 0 Å². The lowest BCUT2D eigenvalue weighted by Gasteiger charge is -2.18. The summed E-state index contributed by atoms with van der Waals surface area (Å²) in [6.07, 6.45) is 80.4. The van der Waals surface area contributed by atoms with Crippen LogP contribution in [0.4, 0.5) is 0 Å². The first-order valence-electron chi connectivity index (χ1n) is 29.0. The Bertz CT molecular complexity index is 1500. The van der Waals surface area contributed by atoms with Gasteiger partial charge in [0.2, 0.25) is 0 Å². The molecule has 0 aliphatic rings. The molecule has 0 aromatic heterocycles. The molecule has 0 spiro atoms. The topological polar surface area (TPSA) is 78.9 Å². The van der Waals surface area contributed by atoms with Crippen molar-refractivity contribution in [2.24, 2.45) is 0 Å². The van der Waals surface area contributed by atoms with E-state index >= 15 is 0 Å². The second kappa shape index (κ2) is 58.4. The number of carbonyl (C=O) groups excluding carboxylic acids is 3. The van der Waals surface area contributed by atoms with Crippen LogP contribution in [0.25, 0.3) is 0 Å². The van der Waals surface area contributed by atoms with Crippen molar-refractivity contribution in [3.05, 3.63) is 122 Å². The molecule has 0 saturated heterocycles. The molecule has 0 amide bonds. The fraction of sp³-hybridized carbons (Fsp3) is 0.646. The Morgan fingerprint density at radius 1 is 0.296 bits per heavy atom. The Morgan fingerprint density at radius 3 is 0.901 bits per heavy atom. The number of allylic oxidation sites excluding steroid dienone is 20. The first-order chi connectivity index (χ1) is 35.0. The molecule has 0 aliphatic carbocycles. The zero-order valence-electron chi connectivity index (χ0n) is 45.9. The summed E-state index contributed by atoms with van der Waals surface area (Å²) < 4.78 is 16.8. The molecular weight excluding hydrogens is 877 g/mol. The number of rotatable bonds is 51. The molecule has 1 atom stereocenters. The molecule has 0 radical (unpaired) electrons. The summed E-state index contributed by atoms with van der Waals surface area (Å²) in [6, 6.07) is 0. The zero-order chi connectivity index (χ0) is 51.4. The molecule has 0 aromatic rings. The van der Waals surface area contributed by atoms with Crippen LogP contribution in [0.3, 0.4) is 0 Å². The van der Waals surface area contributed by atoms with Gasteiger partial charge in [-0.3, -0.25) is 14.4 Å². The molecule has 0 aliphatic heterocycles. The largest absolute Gasteiger partial charge is 0.462 e. The molecule has 0 rings (SSSR count). The lowest BCUT2D eigenvalue weighted by atomic mass is 10.1. The van der Waals surface area contributed by atoms with Gasteiger partial charge in [-0.1, -0.05) is 226 Å². The van der Waals surface area contributed by atoms with Gasteiger partial charge in [-0.2, -0.15) is 0 Å². The third-order valence-corrected chi connectivity index (χ3v) is 11.9. The molecule has 402 valence electrons. The fourth-order valence-corrected chi connectivity index (χ4v) is 7.57. The number of esters is 3. The fourth-order valence-electron chi connectivity index (χ4n) is 7.57. The van der Waals surface area contributed by atoms with Crippen molar-refractivity contribution in [2.75, 3.05) is 13.2 Å². The standard InChI is InChI=1S/C65H106O6/c1-4-7-10-13-16-19-22-25-28-31-32-35-37-40-43-46-49-52-55-58-64(67)70-61-62(71-65(68)59-56-53-50-47-44-41-38-34-30-27-24-21-18-15-12-9-6-3)60-69-63(66)57-54-51-48-45-42-39-36-33-29-26-23-20-17-14-11-8-5-2/h9,12,16-21,25-30,36,38-39,41,47,50,62H,4-8,10-11,13-15,22-24,31-35,37,40,42-46,48-49,51-61H2,1-3H3/b12-9+,19-16+,20-17+,21-18+,28-25+,29-26+,30-27+,39-36+,41-38+,50-47+/t62-/m1/s1. The van der Waals surface area contributed by atoms with Gasteiger partial charge in [-0.25, -0.2) is 0 Å². The first-order valence-corrected chi connectivity index (χ1v) is 29.0. The molecule has 0 heterocycles. The Kier molecular flexibility index (Phi) is 54.9. The van der Waals surface area contributed by atoms with Crippen LogP contribution in [0.1, 0.15) is 252 Å². The van der Waals surface area contributed by atoms with E-state index in [1.54, 1.807) is 0 Å². The number of hydrogen-bond donors (Lipinski definition) is 0. The summed E-state index contributed by atoms with van der Waals surface area (Å²) in [5.41, 5.74) is 0. The smallest absolute Gasteiger partial charge is 0.306 e. The molecule has 6 heteroatoms. The second-order valence-corrected chi connectivity index (χ2v) is 18.8. The average Bonchev–Trinajstić information content (AvgIpc) is 3.37. The number of hydrogen-bond acceptors (Lipinski definition) is 6. The number of unbranched alkanes of at least 4 members (excludes halogenated alkanes) is 20. The summed E-state index contributed by atoms with van der Waals surface area (Å²) in [5.74, 6) is -0.999. The highest BCUT2D eigenvalue weighted by atomic mass is 16.6. The molecule has 0 bridgehead atoms. The van der Waals surface area contributed by atoms with E-state index < -0.39 is 6.10 Å². The highest BCUT2D eigenvalue weighted by Crippen LogP contribution is 2.14. The summed E-state index contributed by atoms with van der Waals surface area (Å²) in [6.45, 7) is 6.40. The van der Waals surface area contributed by atoms with E-state index in [-0.39, 0.29) is 37.5 Å². The molecule has 0 N–H and O–H groups in total. The van der Waals surface area contributed by atoms with Gasteiger partial charge in [0.25, 0.3) is 0 Å². The minimum atomic E-state index is -0.823. The Balaban J connectivity index is 4.53. The Labute approximate surface area is 437 Å². The Hall–Kier alpha value is -4.19. The average molecular weight is 984 g/mol. The van der Waals surface area contributed by atoms with E-state index in [2.05, 4.69) is 142 Å². The van der Waals surface area contributed by atoms with E-state index in [9.17, 15) is 14.4 Å². The first kappa shape index (κ1) is 66.8. The van der Waals surface area contributed by atoms with Crippen molar-refractivity contribution in [2.45, 2.75) is 258 Å².